The van der Waals surface area contributed by atoms with Crippen molar-refractivity contribution < 1.29 is 44.5 Å². The molecule has 164 valence electrons. The molecule has 2 aliphatic heterocycles. The number of carbonyl (C=O) groups is 1. The molecule has 2 fully saturated rings. The Balaban J connectivity index is 0.00000300. The molecule has 0 aromatic heterocycles. The molecule has 3 atom stereocenters. The number of rotatable bonds is 5. The predicted molar refractivity (Wildman–Crippen MR) is 95.4 cm³/mol. The fourth-order valence-corrected chi connectivity index (χ4v) is 5.78. The summed E-state index contributed by atoms with van der Waals surface area (Å²) in [6, 6.07) is 2.73. The summed E-state index contributed by atoms with van der Waals surface area (Å²) in [5, 5.41) is 0. The van der Waals surface area contributed by atoms with Crippen molar-refractivity contribution in [3.63, 3.8) is 0 Å². The van der Waals surface area contributed by atoms with Gasteiger partial charge in [-0.1, -0.05) is 19.9 Å². The van der Waals surface area contributed by atoms with Gasteiger partial charge in [-0.3, -0.25) is 4.79 Å². The number of nitrogens with zero attached hydrogens (tertiary/aromatic N) is 2. The van der Waals surface area contributed by atoms with Crippen LogP contribution >= 0.6 is 0 Å². The third-order valence-corrected chi connectivity index (χ3v) is 7.26. The van der Waals surface area contributed by atoms with E-state index in [-0.39, 0.29) is 48.4 Å². The van der Waals surface area contributed by atoms with E-state index in [2.05, 4.69) is 5.73 Å². The van der Waals surface area contributed by atoms with Gasteiger partial charge >= 0.3 is 6.18 Å². The minimum absolute atomic E-state index is 0. The van der Waals surface area contributed by atoms with Gasteiger partial charge in [0, 0.05) is 31.6 Å². The molecule has 1 aromatic carbocycles. The molecule has 2 aliphatic rings. The highest BCUT2D eigenvalue weighted by molar-refractivity contribution is 7.89. The Labute approximate surface area is 174 Å². The van der Waals surface area contributed by atoms with Crippen LogP contribution in [0.25, 0.3) is 0 Å². The summed E-state index contributed by atoms with van der Waals surface area (Å²) in [4.78, 5) is 13.9. The van der Waals surface area contributed by atoms with Crippen molar-refractivity contribution in [1.82, 2.24) is 9.21 Å². The molecule has 1 amide bonds. The SMILES string of the molecule is CC(C)C[C@@H]([NH3+])C(=O)N1C[C@H]2C[C@H]1CN2S(=O)(=O)c1cccc(C(F)(F)F)c1.[Cl-]. The van der Waals surface area contributed by atoms with Gasteiger partial charge in [0.05, 0.1) is 10.5 Å². The van der Waals surface area contributed by atoms with Crippen LogP contribution in [0.1, 0.15) is 32.3 Å². The van der Waals surface area contributed by atoms with E-state index in [1.165, 1.54) is 10.4 Å². The highest BCUT2D eigenvalue weighted by Crippen LogP contribution is 2.37. The Morgan fingerprint density at radius 3 is 2.41 bits per heavy atom. The summed E-state index contributed by atoms with van der Waals surface area (Å²) in [5.74, 6) is 0.237. The van der Waals surface area contributed by atoms with Crippen LogP contribution in [-0.2, 0) is 21.0 Å². The van der Waals surface area contributed by atoms with Gasteiger partial charge in [-0.2, -0.15) is 17.5 Å². The van der Waals surface area contributed by atoms with Crippen molar-refractivity contribution >= 4 is 15.9 Å². The predicted octanol–water partition coefficient (Wildman–Crippen LogP) is -1.66. The summed E-state index contributed by atoms with van der Waals surface area (Å²) in [5.41, 5.74) is 2.93. The van der Waals surface area contributed by atoms with Crippen LogP contribution in [-0.4, -0.2) is 54.7 Å². The van der Waals surface area contributed by atoms with Crippen molar-refractivity contribution in [2.45, 2.75) is 55.9 Å². The first-order valence-electron chi connectivity index (χ1n) is 9.24. The first kappa shape index (κ1) is 23.9. The first-order valence-corrected chi connectivity index (χ1v) is 10.7. The molecule has 2 saturated heterocycles. The Hall–Kier alpha value is -1.36. The number of fused-ring (bicyclic) bond motifs is 2. The number of alkyl halides is 3. The summed E-state index contributed by atoms with van der Waals surface area (Å²) in [7, 11) is -4.06. The van der Waals surface area contributed by atoms with Gasteiger partial charge in [0.25, 0.3) is 5.91 Å². The third kappa shape index (κ3) is 4.70. The van der Waals surface area contributed by atoms with E-state index < -0.39 is 27.8 Å². The van der Waals surface area contributed by atoms with Crippen LogP contribution in [0.15, 0.2) is 29.2 Å². The van der Waals surface area contributed by atoms with Gasteiger partial charge in [-0.25, -0.2) is 8.42 Å². The maximum Gasteiger partial charge on any atom is 0.416 e. The third-order valence-electron chi connectivity index (χ3n) is 5.35. The van der Waals surface area contributed by atoms with E-state index in [1.54, 1.807) is 4.90 Å². The topological polar surface area (TPSA) is 85.3 Å². The van der Waals surface area contributed by atoms with Crippen LogP contribution in [0, 0.1) is 5.92 Å². The maximum atomic E-state index is 12.9. The smallest absolute Gasteiger partial charge is 0.416 e. The van der Waals surface area contributed by atoms with Crippen molar-refractivity contribution in [1.29, 1.82) is 0 Å². The number of hydrogen-bond donors (Lipinski definition) is 1. The highest BCUT2D eigenvalue weighted by Gasteiger charge is 2.51. The fraction of sp³-hybridized carbons (Fsp3) is 0.611. The van der Waals surface area contributed by atoms with Crippen LogP contribution in [0.2, 0.25) is 0 Å². The zero-order chi connectivity index (χ0) is 20.9. The van der Waals surface area contributed by atoms with E-state index in [4.69, 9.17) is 0 Å². The standard InChI is InChI=1S/C18H24F3N3O3S.ClH/c1-11(2)6-16(22)17(25)23-9-14-8-13(23)10-24(14)28(26,27)15-5-3-4-12(7-15)18(19,20)21;/h3-5,7,11,13-14,16H,6,8-10,22H2,1-2H3;1H/t13-,14+,16+;/m0./s1. The molecule has 0 saturated carbocycles. The summed E-state index contributed by atoms with van der Waals surface area (Å²) >= 11 is 0. The first-order chi connectivity index (χ1) is 12.9. The number of amides is 1. The van der Waals surface area contributed by atoms with E-state index in [0.717, 1.165) is 12.1 Å². The number of quaternary nitrogens is 1. The molecule has 0 unspecified atom stereocenters. The molecule has 0 aliphatic carbocycles. The van der Waals surface area contributed by atoms with Gasteiger partial charge in [0.15, 0.2) is 6.04 Å². The molecule has 6 nitrogen and oxygen atoms in total. The molecule has 3 N–H and O–H groups in total. The molecule has 2 heterocycles. The van der Waals surface area contributed by atoms with Crippen molar-refractivity contribution in [2.24, 2.45) is 5.92 Å². The number of piperazine rings is 1. The van der Waals surface area contributed by atoms with Gasteiger partial charge in [-0.05, 0) is 30.5 Å². The van der Waals surface area contributed by atoms with Crippen molar-refractivity contribution in [3.8, 4) is 0 Å². The molecule has 2 bridgehead atoms. The quantitative estimate of drug-likeness (QED) is 0.576. The number of likely N-dealkylation sites (tertiary alicyclic amines) is 1. The number of halogens is 4. The second-order valence-corrected chi connectivity index (χ2v) is 9.85. The maximum absolute atomic E-state index is 12.9. The monoisotopic (exact) mass is 455 g/mol. The zero-order valence-electron chi connectivity index (χ0n) is 16.2. The molecule has 3 rings (SSSR count). The Morgan fingerprint density at radius 1 is 1.24 bits per heavy atom. The Kier molecular flexibility index (Phi) is 6.93. The normalized spacial score (nSPS) is 23.3. The van der Waals surface area contributed by atoms with E-state index in [0.29, 0.717) is 24.8 Å². The largest absolute Gasteiger partial charge is 1.00 e. The minimum Gasteiger partial charge on any atom is -1.00 e. The number of carbonyl (C=O) groups excluding carboxylic acids is 1. The molecule has 29 heavy (non-hydrogen) atoms. The molecule has 1 aromatic rings. The lowest BCUT2D eigenvalue weighted by atomic mass is 10.0. The highest BCUT2D eigenvalue weighted by atomic mass is 35.5. The lowest BCUT2D eigenvalue weighted by Crippen LogP contribution is -3.00. The van der Waals surface area contributed by atoms with Crippen LogP contribution < -0.4 is 18.1 Å². The Morgan fingerprint density at radius 2 is 1.90 bits per heavy atom. The molecule has 0 spiro atoms. The zero-order valence-corrected chi connectivity index (χ0v) is 17.8. The Bertz CT molecular complexity index is 863. The van der Waals surface area contributed by atoms with Gasteiger partial charge in [-0.15, -0.1) is 0 Å². The second-order valence-electron chi connectivity index (χ2n) is 7.96. The fourth-order valence-electron chi connectivity index (χ4n) is 4.07. The number of sulfonamides is 1. The number of benzene rings is 1. The van der Waals surface area contributed by atoms with Crippen LogP contribution in [0.5, 0.6) is 0 Å². The molecule has 11 heteroatoms. The van der Waals surface area contributed by atoms with E-state index >= 15 is 0 Å². The van der Waals surface area contributed by atoms with Gasteiger partial charge < -0.3 is 23.0 Å². The molecular weight excluding hydrogens is 431 g/mol. The van der Waals surface area contributed by atoms with Crippen LogP contribution in [0.4, 0.5) is 13.2 Å². The molecular formula is C18H25ClF3N3O3S. The van der Waals surface area contributed by atoms with E-state index in [1.807, 2.05) is 13.8 Å². The lowest BCUT2D eigenvalue weighted by molar-refractivity contribution is -0.408. The summed E-state index contributed by atoms with van der Waals surface area (Å²) in [6.45, 7) is 4.37. The van der Waals surface area contributed by atoms with Crippen molar-refractivity contribution in [3.05, 3.63) is 29.8 Å². The van der Waals surface area contributed by atoms with Crippen molar-refractivity contribution in [2.75, 3.05) is 13.1 Å². The van der Waals surface area contributed by atoms with E-state index in [9.17, 15) is 26.4 Å². The van der Waals surface area contributed by atoms with Crippen LogP contribution in [0.3, 0.4) is 0 Å². The summed E-state index contributed by atoms with van der Waals surface area (Å²) < 4.78 is 65.8. The molecule has 0 radical (unpaired) electrons. The average molecular weight is 456 g/mol. The minimum atomic E-state index is -4.61. The lowest BCUT2D eigenvalue weighted by Gasteiger charge is -2.34. The van der Waals surface area contributed by atoms with Gasteiger partial charge in [0.2, 0.25) is 10.0 Å². The van der Waals surface area contributed by atoms with Gasteiger partial charge in [0.1, 0.15) is 0 Å². The second kappa shape index (κ2) is 8.41. The summed E-state index contributed by atoms with van der Waals surface area (Å²) in [6.07, 6.45) is -3.46. The average Bonchev–Trinajstić information content (AvgIpc) is 3.21. The number of hydrogen-bond acceptors (Lipinski definition) is 3.